The highest BCUT2D eigenvalue weighted by Crippen LogP contribution is 2.36. The number of carbonyl (C=O) groups excluding carboxylic acids is 2. The van der Waals surface area contributed by atoms with Crippen molar-refractivity contribution in [2.45, 2.75) is 50.2 Å². The molecular formula is C36H38ClN3O6S. The van der Waals surface area contributed by atoms with Crippen molar-refractivity contribution in [2.75, 3.05) is 24.1 Å². The summed E-state index contributed by atoms with van der Waals surface area (Å²) in [5.41, 5.74) is 1.81. The van der Waals surface area contributed by atoms with Crippen LogP contribution in [0.1, 0.15) is 31.4 Å². The van der Waals surface area contributed by atoms with Crippen molar-refractivity contribution < 1.29 is 27.5 Å². The van der Waals surface area contributed by atoms with E-state index in [2.05, 4.69) is 5.32 Å². The topological polar surface area (TPSA) is 105 Å². The Kier molecular flexibility index (Phi) is 11.1. The molecule has 0 spiro atoms. The molecule has 1 N–H and O–H groups in total. The summed E-state index contributed by atoms with van der Waals surface area (Å²) in [5.74, 6) is -0.0309. The van der Waals surface area contributed by atoms with Crippen LogP contribution in [0.15, 0.2) is 108 Å². The zero-order chi connectivity index (χ0) is 33.4. The molecule has 0 fully saturated rings. The van der Waals surface area contributed by atoms with Crippen molar-refractivity contribution in [3.8, 4) is 11.5 Å². The van der Waals surface area contributed by atoms with Crippen LogP contribution in [-0.4, -0.2) is 57.0 Å². The van der Waals surface area contributed by atoms with Gasteiger partial charge in [0.2, 0.25) is 11.8 Å². The molecule has 11 heteroatoms. The lowest BCUT2D eigenvalue weighted by Gasteiger charge is -2.34. The SMILES string of the molecule is CC[C@@H](C)NC(=O)[C@@H](Cc1ccccc1)N(Cc1ccc(Cl)cc1)C(=O)CN(c1ccc2c(c1)OCCO2)S(=O)(=O)c1ccccc1. The van der Waals surface area contributed by atoms with Gasteiger partial charge in [-0.3, -0.25) is 13.9 Å². The van der Waals surface area contributed by atoms with Crippen molar-refractivity contribution in [1.82, 2.24) is 10.2 Å². The van der Waals surface area contributed by atoms with Gasteiger partial charge >= 0.3 is 0 Å². The first-order valence-corrected chi connectivity index (χ1v) is 17.3. The van der Waals surface area contributed by atoms with E-state index >= 15 is 0 Å². The number of nitrogens with zero attached hydrogens (tertiary/aromatic N) is 2. The van der Waals surface area contributed by atoms with E-state index in [0.29, 0.717) is 36.2 Å². The molecule has 1 aliphatic rings. The van der Waals surface area contributed by atoms with Crippen LogP contribution < -0.4 is 19.1 Å². The lowest BCUT2D eigenvalue weighted by molar-refractivity contribution is -0.140. The summed E-state index contributed by atoms with van der Waals surface area (Å²) < 4.78 is 40.9. The normalized spacial score (nSPS) is 13.7. The molecule has 0 saturated heterocycles. The summed E-state index contributed by atoms with van der Waals surface area (Å²) in [6.07, 6.45) is 0.917. The van der Waals surface area contributed by atoms with Gasteiger partial charge in [-0.05, 0) is 60.9 Å². The number of hydrogen-bond acceptors (Lipinski definition) is 6. The lowest BCUT2D eigenvalue weighted by Crippen LogP contribution is -2.54. The predicted octanol–water partition coefficient (Wildman–Crippen LogP) is 5.86. The summed E-state index contributed by atoms with van der Waals surface area (Å²) in [4.78, 5) is 30.0. The zero-order valence-electron chi connectivity index (χ0n) is 26.3. The Balaban J connectivity index is 1.58. The van der Waals surface area contributed by atoms with Crippen molar-refractivity contribution in [3.63, 3.8) is 0 Å². The summed E-state index contributed by atoms with van der Waals surface area (Å²) in [7, 11) is -4.24. The van der Waals surface area contributed by atoms with E-state index in [4.69, 9.17) is 21.1 Å². The van der Waals surface area contributed by atoms with Gasteiger partial charge in [0.25, 0.3) is 10.0 Å². The third-order valence-corrected chi connectivity index (χ3v) is 10.0. The maximum Gasteiger partial charge on any atom is 0.264 e. The molecule has 5 rings (SSSR count). The molecule has 1 heterocycles. The van der Waals surface area contributed by atoms with Crippen molar-refractivity contribution in [3.05, 3.63) is 119 Å². The van der Waals surface area contributed by atoms with E-state index < -0.39 is 28.5 Å². The summed E-state index contributed by atoms with van der Waals surface area (Å²) >= 11 is 6.16. The Morgan fingerprint density at radius 2 is 1.49 bits per heavy atom. The third-order valence-electron chi connectivity index (χ3n) is 7.96. The van der Waals surface area contributed by atoms with Gasteiger partial charge in [0.05, 0.1) is 10.6 Å². The molecule has 0 aromatic heterocycles. The van der Waals surface area contributed by atoms with Gasteiger partial charge in [-0.2, -0.15) is 0 Å². The smallest absolute Gasteiger partial charge is 0.264 e. The molecule has 0 bridgehead atoms. The van der Waals surface area contributed by atoms with Crippen LogP contribution >= 0.6 is 11.6 Å². The fourth-order valence-corrected chi connectivity index (χ4v) is 6.77. The second kappa shape index (κ2) is 15.4. The van der Waals surface area contributed by atoms with Crippen LogP contribution in [0.5, 0.6) is 11.5 Å². The number of halogens is 1. The van der Waals surface area contributed by atoms with Crippen LogP contribution in [0.2, 0.25) is 5.02 Å². The summed E-state index contributed by atoms with van der Waals surface area (Å²) in [5, 5.41) is 3.57. The van der Waals surface area contributed by atoms with Gasteiger partial charge < -0.3 is 19.7 Å². The Hall–Kier alpha value is -4.54. The van der Waals surface area contributed by atoms with E-state index in [1.165, 1.54) is 17.0 Å². The Morgan fingerprint density at radius 3 is 2.15 bits per heavy atom. The minimum Gasteiger partial charge on any atom is -0.486 e. The molecule has 246 valence electrons. The maximum atomic E-state index is 14.6. The minimum atomic E-state index is -4.24. The van der Waals surface area contributed by atoms with Crippen LogP contribution in [0.3, 0.4) is 0 Å². The number of sulfonamides is 1. The first-order chi connectivity index (χ1) is 22.7. The number of fused-ring (bicyclic) bond motifs is 1. The van der Waals surface area contributed by atoms with Gasteiger partial charge in [-0.1, -0.05) is 79.2 Å². The number of amides is 2. The highest BCUT2D eigenvalue weighted by molar-refractivity contribution is 7.92. The largest absolute Gasteiger partial charge is 0.486 e. The quantitative estimate of drug-likeness (QED) is 0.190. The number of carbonyl (C=O) groups is 2. The Bertz CT molecular complexity index is 1770. The molecule has 0 aliphatic carbocycles. The molecule has 4 aromatic carbocycles. The Labute approximate surface area is 281 Å². The van der Waals surface area contributed by atoms with Crippen molar-refractivity contribution in [2.24, 2.45) is 0 Å². The fourth-order valence-electron chi connectivity index (χ4n) is 5.22. The fraction of sp³-hybridized carbons (Fsp3) is 0.278. The summed E-state index contributed by atoms with van der Waals surface area (Å²) in [6.45, 7) is 4.01. The third kappa shape index (κ3) is 8.44. The first kappa shape index (κ1) is 33.8. The maximum absolute atomic E-state index is 14.6. The van der Waals surface area contributed by atoms with E-state index in [-0.39, 0.29) is 35.5 Å². The Morgan fingerprint density at radius 1 is 0.851 bits per heavy atom. The zero-order valence-corrected chi connectivity index (χ0v) is 27.9. The van der Waals surface area contributed by atoms with Crippen molar-refractivity contribution in [1.29, 1.82) is 0 Å². The summed E-state index contributed by atoms with van der Waals surface area (Å²) in [6, 6.07) is 28.0. The lowest BCUT2D eigenvalue weighted by atomic mass is 10.0. The van der Waals surface area contributed by atoms with Crippen LogP contribution in [0, 0.1) is 0 Å². The van der Waals surface area contributed by atoms with E-state index in [9.17, 15) is 18.0 Å². The van der Waals surface area contributed by atoms with E-state index in [1.54, 1.807) is 60.7 Å². The van der Waals surface area contributed by atoms with Crippen LogP contribution in [0.25, 0.3) is 0 Å². The van der Waals surface area contributed by atoms with E-state index in [1.807, 2.05) is 44.2 Å². The van der Waals surface area contributed by atoms with Crippen molar-refractivity contribution >= 4 is 39.1 Å². The average Bonchev–Trinajstić information content (AvgIpc) is 3.09. The molecule has 0 radical (unpaired) electrons. The standard InChI is InChI=1S/C36H38ClN3O6S/c1-3-26(2)38-36(42)32(22-27-10-6-4-7-11-27)39(24-28-14-16-29(37)17-15-28)35(41)25-40(47(43,44)31-12-8-5-9-13-31)30-18-19-33-34(23-30)46-21-20-45-33/h4-19,23,26,32H,3,20-22,24-25H2,1-2H3,(H,38,42)/t26-,32-/m1/s1. The monoisotopic (exact) mass is 675 g/mol. The number of rotatable bonds is 13. The molecule has 47 heavy (non-hydrogen) atoms. The molecule has 9 nitrogen and oxygen atoms in total. The molecule has 4 aromatic rings. The van der Waals surface area contributed by atoms with Gasteiger partial charge in [-0.25, -0.2) is 8.42 Å². The second-order valence-electron chi connectivity index (χ2n) is 11.3. The average molecular weight is 676 g/mol. The molecule has 2 atom stereocenters. The van der Waals surface area contributed by atoms with Gasteiger partial charge in [0.15, 0.2) is 11.5 Å². The van der Waals surface area contributed by atoms with Crippen LogP contribution in [-0.2, 0) is 32.6 Å². The number of nitrogens with one attached hydrogen (secondary N) is 1. The molecule has 0 saturated carbocycles. The number of ether oxygens (including phenoxy) is 2. The first-order valence-electron chi connectivity index (χ1n) is 15.5. The molecular weight excluding hydrogens is 638 g/mol. The minimum absolute atomic E-state index is 0.0160. The van der Waals surface area contributed by atoms with Crippen LogP contribution in [0.4, 0.5) is 5.69 Å². The molecule has 2 amide bonds. The highest BCUT2D eigenvalue weighted by Gasteiger charge is 2.35. The molecule has 0 unspecified atom stereocenters. The number of benzene rings is 4. The van der Waals surface area contributed by atoms with Gasteiger partial charge in [-0.15, -0.1) is 0 Å². The molecule has 1 aliphatic heterocycles. The highest BCUT2D eigenvalue weighted by atomic mass is 35.5. The van der Waals surface area contributed by atoms with Gasteiger partial charge in [0, 0.05) is 30.1 Å². The predicted molar refractivity (Wildman–Crippen MR) is 182 cm³/mol. The number of anilines is 1. The van der Waals surface area contributed by atoms with Gasteiger partial charge in [0.1, 0.15) is 25.8 Å². The van der Waals surface area contributed by atoms with E-state index in [0.717, 1.165) is 15.4 Å². The number of hydrogen-bond donors (Lipinski definition) is 1. The second-order valence-corrected chi connectivity index (χ2v) is 13.6.